The number of likely N-dealkylation sites (N-methyl/N-ethyl adjacent to an activating group) is 2. The summed E-state index contributed by atoms with van der Waals surface area (Å²) >= 11 is 5.99. The number of halogens is 1. The largest absolute Gasteiger partial charge is 0.497 e. The smallest absolute Gasteiger partial charge is 0.226 e. The average Bonchev–Trinajstić information content (AvgIpc) is 3.96. The van der Waals surface area contributed by atoms with Gasteiger partial charge in [0, 0.05) is 45.0 Å². The molecule has 6 rings (SSSR count). The zero-order valence-corrected chi connectivity index (χ0v) is 39.3. The van der Waals surface area contributed by atoms with Crippen LogP contribution in [-0.4, -0.2) is 82.7 Å². The van der Waals surface area contributed by atoms with Crippen LogP contribution in [0, 0.1) is 36.5 Å². The highest BCUT2D eigenvalue weighted by Crippen LogP contribution is 2.28. The SMILES string of the molecule is CCN(CCOC)Cc1nc(-c2ccc(OC)cc2)oc1COc1ccc(C#N)c(C)c1.CCNCCOC.COc1ccc(-c2nc(CCl)c(COc3ccc(C#N)c(C)c3)o2)cc1. The van der Waals surface area contributed by atoms with Crippen molar-refractivity contribution in [3.05, 3.63) is 130 Å². The predicted molar refractivity (Wildman–Crippen MR) is 250 cm³/mol. The van der Waals surface area contributed by atoms with Crippen LogP contribution in [0.4, 0.5) is 0 Å². The van der Waals surface area contributed by atoms with Crippen molar-refractivity contribution in [1.82, 2.24) is 20.2 Å². The molecule has 0 unspecified atom stereocenters. The second-order valence-electron chi connectivity index (χ2n) is 14.3. The fraction of sp³-hybridized carbons (Fsp3) is 0.360. The highest BCUT2D eigenvalue weighted by Gasteiger charge is 2.19. The van der Waals surface area contributed by atoms with Gasteiger partial charge in [0.2, 0.25) is 11.8 Å². The number of rotatable bonds is 21. The van der Waals surface area contributed by atoms with E-state index in [4.69, 9.17) is 64.4 Å². The van der Waals surface area contributed by atoms with Gasteiger partial charge < -0.3 is 42.6 Å². The van der Waals surface area contributed by atoms with Crippen LogP contribution in [0.2, 0.25) is 0 Å². The summed E-state index contributed by atoms with van der Waals surface area (Å²) in [7, 11) is 6.66. The van der Waals surface area contributed by atoms with Crippen molar-refractivity contribution in [2.24, 2.45) is 0 Å². The molecule has 2 aromatic heterocycles. The maximum absolute atomic E-state index is 9.13. The van der Waals surface area contributed by atoms with E-state index in [0.29, 0.717) is 64.8 Å². The molecule has 0 aliphatic carbocycles. The van der Waals surface area contributed by atoms with E-state index in [0.717, 1.165) is 72.2 Å². The first-order valence-corrected chi connectivity index (χ1v) is 21.7. The molecule has 0 amide bonds. The lowest BCUT2D eigenvalue weighted by atomic mass is 10.1. The molecule has 0 bridgehead atoms. The molecule has 0 saturated heterocycles. The summed E-state index contributed by atoms with van der Waals surface area (Å²) in [6, 6.07) is 30.1. The molecule has 2 heterocycles. The summed E-state index contributed by atoms with van der Waals surface area (Å²) < 4.78 is 44.2. The first kappa shape index (κ1) is 51.2. The van der Waals surface area contributed by atoms with Crippen LogP contribution in [0.15, 0.2) is 93.8 Å². The van der Waals surface area contributed by atoms with Gasteiger partial charge in [-0.2, -0.15) is 10.5 Å². The summed E-state index contributed by atoms with van der Waals surface area (Å²) in [5.74, 6) is 5.38. The number of aromatic nitrogens is 2. The Bertz CT molecular complexity index is 2420. The van der Waals surface area contributed by atoms with Gasteiger partial charge in [-0.3, -0.25) is 4.90 Å². The van der Waals surface area contributed by atoms with E-state index < -0.39 is 0 Å². The number of nitrogens with zero attached hydrogens (tertiary/aromatic N) is 5. The van der Waals surface area contributed by atoms with Crippen LogP contribution in [0.3, 0.4) is 0 Å². The zero-order valence-electron chi connectivity index (χ0n) is 38.5. The molecule has 14 nitrogen and oxygen atoms in total. The number of hydrogen-bond donors (Lipinski definition) is 1. The Morgan fingerprint density at radius 3 is 1.51 bits per heavy atom. The quantitative estimate of drug-likeness (QED) is 0.0535. The van der Waals surface area contributed by atoms with Crippen LogP contribution < -0.4 is 24.3 Å². The van der Waals surface area contributed by atoms with Crippen molar-refractivity contribution < 1.29 is 37.3 Å². The molecular weight excluding hydrogens is 848 g/mol. The molecule has 0 fully saturated rings. The van der Waals surface area contributed by atoms with Gasteiger partial charge >= 0.3 is 0 Å². The topological polar surface area (TPSA) is 170 Å². The first-order chi connectivity index (χ1) is 31.6. The minimum Gasteiger partial charge on any atom is -0.497 e. The average molecular weight is 908 g/mol. The molecule has 0 spiro atoms. The van der Waals surface area contributed by atoms with E-state index in [2.05, 4.69) is 41.2 Å². The molecule has 0 radical (unpaired) electrons. The van der Waals surface area contributed by atoms with E-state index in [1.165, 1.54) is 0 Å². The maximum atomic E-state index is 9.13. The van der Waals surface area contributed by atoms with E-state index >= 15 is 0 Å². The molecule has 0 atom stereocenters. The Morgan fingerprint density at radius 1 is 0.646 bits per heavy atom. The number of nitriles is 2. The third-order valence-electron chi connectivity index (χ3n) is 9.90. The lowest BCUT2D eigenvalue weighted by Crippen LogP contribution is -2.27. The lowest BCUT2D eigenvalue weighted by Gasteiger charge is -2.19. The number of alkyl halides is 1. The Morgan fingerprint density at radius 2 is 1.11 bits per heavy atom. The fourth-order valence-corrected chi connectivity index (χ4v) is 6.28. The molecule has 0 aliphatic heterocycles. The van der Waals surface area contributed by atoms with E-state index in [1.54, 1.807) is 52.7 Å². The normalized spacial score (nSPS) is 10.5. The van der Waals surface area contributed by atoms with Gasteiger partial charge in [0.1, 0.15) is 47.6 Å². The van der Waals surface area contributed by atoms with Gasteiger partial charge in [0.05, 0.1) is 56.6 Å². The van der Waals surface area contributed by atoms with Crippen LogP contribution in [0.5, 0.6) is 23.0 Å². The number of hydrogen-bond acceptors (Lipinski definition) is 14. The molecule has 0 aliphatic rings. The van der Waals surface area contributed by atoms with Crippen molar-refractivity contribution in [3.8, 4) is 58.0 Å². The van der Waals surface area contributed by atoms with Crippen LogP contribution >= 0.6 is 11.6 Å². The summed E-state index contributed by atoms with van der Waals surface area (Å²) in [5, 5.41) is 21.2. The Labute approximate surface area is 387 Å². The summed E-state index contributed by atoms with van der Waals surface area (Å²) in [6.45, 7) is 14.1. The van der Waals surface area contributed by atoms with Crippen LogP contribution in [0.1, 0.15) is 59.0 Å². The van der Waals surface area contributed by atoms with Crippen molar-refractivity contribution in [3.63, 3.8) is 0 Å². The van der Waals surface area contributed by atoms with Gasteiger partial charge in [-0.1, -0.05) is 13.8 Å². The van der Waals surface area contributed by atoms with Crippen molar-refractivity contribution in [1.29, 1.82) is 10.5 Å². The van der Waals surface area contributed by atoms with Gasteiger partial charge in [0.25, 0.3) is 0 Å². The fourth-order valence-electron chi connectivity index (χ4n) is 6.07. The number of methoxy groups -OCH3 is 4. The monoisotopic (exact) mass is 906 g/mol. The third kappa shape index (κ3) is 16.0. The molecule has 0 saturated carbocycles. The lowest BCUT2D eigenvalue weighted by molar-refractivity contribution is 0.146. The Kier molecular flexibility index (Phi) is 21.9. The third-order valence-corrected chi connectivity index (χ3v) is 10.2. The zero-order chi connectivity index (χ0) is 47.0. The van der Waals surface area contributed by atoms with Crippen LogP contribution in [-0.2, 0) is 35.1 Å². The highest BCUT2D eigenvalue weighted by molar-refractivity contribution is 6.17. The summed E-state index contributed by atoms with van der Waals surface area (Å²) in [5.41, 5.74) is 6.17. The highest BCUT2D eigenvalue weighted by atomic mass is 35.5. The Balaban J connectivity index is 0.000000252. The predicted octanol–water partition coefficient (Wildman–Crippen LogP) is 9.67. The maximum Gasteiger partial charge on any atom is 0.226 e. The number of benzene rings is 4. The minimum absolute atomic E-state index is 0.205. The molecule has 1 N–H and O–H groups in total. The first-order valence-electron chi connectivity index (χ1n) is 21.1. The van der Waals surface area contributed by atoms with Crippen molar-refractivity contribution in [2.45, 2.75) is 53.3 Å². The van der Waals surface area contributed by atoms with E-state index in [-0.39, 0.29) is 19.1 Å². The van der Waals surface area contributed by atoms with Gasteiger partial charge in [-0.25, -0.2) is 9.97 Å². The van der Waals surface area contributed by atoms with E-state index in [1.807, 2.05) is 74.5 Å². The Hall–Kier alpha value is -6.39. The molecule has 65 heavy (non-hydrogen) atoms. The summed E-state index contributed by atoms with van der Waals surface area (Å²) in [6.07, 6.45) is 0. The number of nitrogens with one attached hydrogen (secondary N) is 1. The van der Waals surface area contributed by atoms with Crippen LogP contribution in [0.25, 0.3) is 22.9 Å². The van der Waals surface area contributed by atoms with Gasteiger partial charge in [-0.15, -0.1) is 11.6 Å². The van der Waals surface area contributed by atoms with Crippen molar-refractivity contribution in [2.75, 3.05) is 67.8 Å². The van der Waals surface area contributed by atoms with Crippen molar-refractivity contribution >= 4 is 11.6 Å². The molecule has 15 heteroatoms. The molecule has 344 valence electrons. The second-order valence-corrected chi connectivity index (χ2v) is 14.6. The molecule has 6 aromatic rings. The second kappa shape index (κ2) is 27.7. The number of ether oxygens (including phenoxy) is 6. The van der Waals surface area contributed by atoms with Gasteiger partial charge in [0.15, 0.2) is 11.5 Å². The summed E-state index contributed by atoms with van der Waals surface area (Å²) in [4.78, 5) is 11.5. The molecule has 4 aromatic carbocycles. The number of oxazole rings is 2. The minimum atomic E-state index is 0.205. The van der Waals surface area contributed by atoms with E-state index in [9.17, 15) is 0 Å². The van der Waals surface area contributed by atoms with Gasteiger partial charge in [-0.05, 0) is 123 Å². The standard InChI is InChI=1S/C25H29N3O4.C20H17ClN2O3.C5H13NO/c1-5-28(12-13-29-3)16-23-24(17-31-22-11-8-20(15-26)18(2)14-22)32-25(27-23)19-6-9-21(30-4)10-7-19;1-13-9-17(8-5-15(13)11-22)25-12-19-18(10-21)23-20(26-19)14-3-6-16(24-2)7-4-14;1-3-6-4-5-7-2/h6-11,14H,5,12-13,16-17H2,1-4H3;3-9H,10,12H2,1-2H3;6H,3-5H2,1-2H3. The number of aryl methyl sites for hydroxylation is 2. The molecular formula is C50H59ClN6O8.